The van der Waals surface area contributed by atoms with Crippen molar-refractivity contribution >= 4 is 39.3 Å². The van der Waals surface area contributed by atoms with Gasteiger partial charge in [0.1, 0.15) is 11.6 Å². The summed E-state index contributed by atoms with van der Waals surface area (Å²) in [7, 11) is 0. The molecule has 38 heavy (non-hydrogen) atoms. The van der Waals surface area contributed by atoms with Crippen molar-refractivity contribution in [2.75, 3.05) is 24.6 Å². The van der Waals surface area contributed by atoms with E-state index in [0.29, 0.717) is 43.1 Å². The number of piperidine rings is 2. The van der Waals surface area contributed by atoms with E-state index in [1.165, 1.54) is 12.1 Å². The Hall–Kier alpha value is -2.98. The number of carbonyl (C=O) groups excluding carboxylic acids is 3. The molecule has 2 aromatic carbocycles. The molecule has 8 nitrogen and oxygen atoms in total. The summed E-state index contributed by atoms with van der Waals surface area (Å²) in [6, 6.07) is 9.98. The molecule has 2 heterocycles. The number of primary amides is 1. The van der Waals surface area contributed by atoms with Crippen molar-refractivity contribution in [2.24, 2.45) is 17.1 Å². The van der Waals surface area contributed by atoms with E-state index in [-0.39, 0.29) is 23.4 Å². The number of amides is 3. The molecule has 2 aliphatic heterocycles. The Morgan fingerprint density at radius 3 is 2.66 bits per heavy atom. The number of hydrogen-bond donors (Lipinski definition) is 3. The Balaban J connectivity index is 1.12. The smallest absolute Gasteiger partial charge is 0.251 e. The number of benzene rings is 2. The molecule has 1 unspecified atom stereocenters. The maximum atomic E-state index is 14.0. The number of imide groups is 1. The normalized spacial score (nSPS) is 21.2. The molecule has 0 aromatic heterocycles. The van der Waals surface area contributed by atoms with E-state index in [1.54, 1.807) is 6.07 Å². The minimum Gasteiger partial charge on any atom is -0.493 e. The van der Waals surface area contributed by atoms with Crippen molar-refractivity contribution in [1.82, 2.24) is 10.6 Å². The first-order valence-corrected chi connectivity index (χ1v) is 13.8. The maximum Gasteiger partial charge on any atom is 0.251 e. The first kappa shape index (κ1) is 26.6. The van der Waals surface area contributed by atoms with Crippen LogP contribution in [0.1, 0.15) is 54.4 Å². The number of carbonyl (C=O) groups is 3. The minimum atomic E-state index is -0.790. The average Bonchev–Trinajstić information content (AvgIpc) is 2.86. The summed E-state index contributed by atoms with van der Waals surface area (Å²) in [6.45, 7) is 2.97. The SMILES string of the molecule is NC(=O)c1ccc(OCC2CC3(CCN(c4cccc(Br)c4CNC4CCC(=O)NC4=O)CC3)C2)cc1F. The van der Waals surface area contributed by atoms with Crippen LogP contribution < -0.4 is 26.0 Å². The molecule has 202 valence electrons. The number of rotatable bonds is 8. The monoisotopic (exact) mass is 586 g/mol. The van der Waals surface area contributed by atoms with Crippen molar-refractivity contribution < 1.29 is 23.5 Å². The largest absolute Gasteiger partial charge is 0.493 e. The zero-order valence-electron chi connectivity index (χ0n) is 21.1. The van der Waals surface area contributed by atoms with Gasteiger partial charge < -0.3 is 20.7 Å². The molecule has 2 saturated heterocycles. The molecule has 3 fully saturated rings. The van der Waals surface area contributed by atoms with Gasteiger partial charge in [0.2, 0.25) is 11.8 Å². The summed E-state index contributed by atoms with van der Waals surface area (Å²) in [4.78, 5) is 37.2. The van der Waals surface area contributed by atoms with Gasteiger partial charge in [-0.15, -0.1) is 0 Å². The number of ether oxygens (including phenoxy) is 1. The van der Waals surface area contributed by atoms with Crippen LogP contribution in [0, 0.1) is 17.2 Å². The predicted octanol–water partition coefficient (Wildman–Crippen LogP) is 3.66. The van der Waals surface area contributed by atoms with Gasteiger partial charge >= 0.3 is 0 Å². The van der Waals surface area contributed by atoms with Crippen molar-refractivity contribution in [1.29, 1.82) is 0 Å². The van der Waals surface area contributed by atoms with Gasteiger partial charge in [-0.3, -0.25) is 19.7 Å². The summed E-state index contributed by atoms with van der Waals surface area (Å²) in [5.41, 5.74) is 7.63. The predicted molar refractivity (Wildman–Crippen MR) is 144 cm³/mol. The fourth-order valence-electron chi connectivity index (χ4n) is 6.04. The Kier molecular flexibility index (Phi) is 7.72. The molecule has 0 bridgehead atoms. The summed E-state index contributed by atoms with van der Waals surface area (Å²) < 4.78 is 20.8. The quantitative estimate of drug-likeness (QED) is 0.407. The average molecular weight is 587 g/mol. The van der Waals surface area contributed by atoms with Crippen LogP contribution >= 0.6 is 15.9 Å². The van der Waals surface area contributed by atoms with Crippen molar-refractivity contribution in [3.05, 3.63) is 57.8 Å². The molecule has 5 rings (SSSR count). The van der Waals surface area contributed by atoms with E-state index in [2.05, 4.69) is 37.5 Å². The molecule has 1 atom stereocenters. The lowest BCUT2D eigenvalue weighted by Crippen LogP contribution is -2.50. The highest BCUT2D eigenvalue weighted by Crippen LogP contribution is 2.53. The standard InChI is InChI=1S/C28H32BrFN4O4/c29-21-2-1-3-24(20(21)15-32-23-6-7-25(35)33-27(23)37)34-10-8-28(9-11-34)13-17(14-28)16-38-18-4-5-19(26(31)36)22(30)12-18/h1-5,12,17,23,32H,6-11,13-16H2,(H2,31,36)(H,33,35,37). The van der Waals surface area contributed by atoms with E-state index in [4.69, 9.17) is 10.5 Å². The zero-order valence-corrected chi connectivity index (χ0v) is 22.7. The molecule has 1 aliphatic carbocycles. The second-order valence-corrected chi connectivity index (χ2v) is 11.6. The van der Waals surface area contributed by atoms with E-state index < -0.39 is 11.7 Å². The molecule has 3 aliphatic rings. The van der Waals surface area contributed by atoms with Gasteiger partial charge in [0, 0.05) is 47.8 Å². The van der Waals surface area contributed by atoms with Crippen LogP contribution in [0.4, 0.5) is 10.1 Å². The number of nitrogens with zero attached hydrogens (tertiary/aromatic N) is 1. The van der Waals surface area contributed by atoms with Crippen LogP contribution in [-0.4, -0.2) is 43.5 Å². The Morgan fingerprint density at radius 2 is 1.97 bits per heavy atom. The fraction of sp³-hybridized carbons (Fsp3) is 0.464. The van der Waals surface area contributed by atoms with Gasteiger partial charge in [-0.25, -0.2) is 4.39 Å². The summed E-state index contributed by atoms with van der Waals surface area (Å²) in [5.74, 6) is -1.08. The highest BCUT2D eigenvalue weighted by atomic mass is 79.9. The van der Waals surface area contributed by atoms with Gasteiger partial charge in [-0.1, -0.05) is 22.0 Å². The lowest BCUT2D eigenvalue weighted by molar-refractivity contribution is -0.134. The Labute approximate surface area is 229 Å². The van der Waals surface area contributed by atoms with Gasteiger partial charge in [-0.05, 0) is 67.7 Å². The molecule has 1 saturated carbocycles. The lowest BCUT2D eigenvalue weighted by Gasteiger charge is -2.52. The molecule has 1 spiro atoms. The fourth-order valence-corrected chi connectivity index (χ4v) is 6.54. The molecule has 4 N–H and O–H groups in total. The molecule has 10 heteroatoms. The number of nitrogens with two attached hydrogens (primary N) is 1. The first-order valence-electron chi connectivity index (χ1n) is 13.0. The summed E-state index contributed by atoms with van der Waals surface area (Å²) >= 11 is 3.69. The Bertz CT molecular complexity index is 1240. The molecule has 3 amide bonds. The minimum absolute atomic E-state index is 0.132. The lowest BCUT2D eigenvalue weighted by atomic mass is 9.58. The first-order chi connectivity index (χ1) is 18.2. The highest BCUT2D eigenvalue weighted by molar-refractivity contribution is 9.10. The van der Waals surface area contributed by atoms with Gasteiger partial charge in [0.05, 0.1) is 18.2 Å². The second kappa shape index (κ2) is 11.0. The maximum absolute atomic E-state index is 14.0. The van der Waals surface area contributed by atoms with Crippen LogP contribution in [0.3, 0.4) is 0 Å². The third-order valence-corrected chi connectivity index (χ3v) is 8.90. The van der Waals surface area contributed by atoms with Gasteiger partial charge in [0.15, 0.2) is 0 Å². The van der Waals surface area contributed by atoms with E-state index in [1.807, 2.05) is 12.1 Å². The molecular weight excluding hydrogens is 555 g/mol. The van der Waals surface area contributed by atoms with Crippen molar-refractivity contribution in [3.63, 3.8) is 0 Å². The number of halogens is 2. The number of anilines is 1. The third kappa shape index (κ3) is 5.71. The number of nitrogens with one attached hydrogen (secondary N) is 2. The van der Waals surface area contributed by atoms with Crippen molar-refractivity contribution in [2.45, 2.75) is 51.1 Å². The van der Waals surface area contributed by atoms with Crippen LogP contribution in [0.15, 0.2) is 40.9 Å². The highest BCUT2D eigenvalue weighted by Gasteiger charge is 2.46. The van der Waals surface area contributed by atoms with Crippen LogP contribution in [-0.2, 0) is 16.1 Å². The van der Waals surface area contributed by atoms with E-state index in [9.17, 15) is 18.8 Å². The van der Waals surface area contributed by atoms with Crippen LogP contribution in [0.25, 0.3) is 0 Å². The molecule has 2 aromatic rings. The van der Waals surface area contributed by atoms with E-state index in [0.717, 1.165) is 54.5 Å². The number of hydrogen-bond acceptors (Lipinski definition) is 6. The van der Waals surface area contributed by atoms with Gasteiger partial charge in [-0.2, -0.15) is 0 Å². The molecule has 0 radical (unpaired) electrons. The summed E-state index contributed by atoms with van der Waals surface area (Å²) in [6.07, 6.45) is 5.23. The van der Waals surface area contributed by atoms with E-state index >= 15 is 0 Å². The zero-order chi connectivity index (χ0) is 26.9. The van der Waals surface area contributed by atoms with Crippen LogP contribution in [0.5, 0.6) is 5.75 Å². The molecular formula is C28H32BrFN4O4. The second-order valence-electron chi connectivity index (χ2n) is 10.7. The van der Waals surface area contributed by atoms with Gasteiger partial charge in [0.25, 0.3) is 5.91 Å². The Morgan fingerprint density at radius 1 is 1.21 bits per heavy atom. The van der Waals surface area contributed by atoms with Crippen molar-refractivity contribution in [3.8, 4) is 5.75 Å². The van der Waals surface area contributed by atoms with Crippen LogP contribution in [0.2, 0.25) is 0 Å². The summed E-state index contributed by atoms with van der Waals surface area (Å²) in [5, 5.41) is 5.74. The third-order valence-electron chi connectivity index (χ3n) is 8.16. The topological polar surface area (TPSA) is 114 Å².